The zero-order valence-corrected chi connectivity index (χ0v) is 19.7. The molecule has 0 aliphatic heterocycles. The lowest BCUT2D eigenvalue weighted by molar-refractivity contribution is -0.114. The van der Waals surface area contributed by atoms with Gasteiger partial charge in [0, 0.05) is 5.02 Å². The number of hydrogen-bond donors (Lipinski definition) is 1. The standard InChI is InChI=1S/C24H25ClN2O4S/c1-4-31-23-8-6-5-7-22(23)26-24(28)16-27(19-12-11-18(3)21(25)15-19)32(29,30)20-13-9-17(2)10-14-20/h5-15H,4,16H2,1-3H3,(H,26,28). The fourth-order valence-electron chi connectivity index (χ4n) is 3.06. The maximum absolute atomic E-state index is 13.5. The first-order valence-corrected chi connectivity index (χ1v) is 11.9. The number of aryl methyl sites for hydroxylation is 2. The first-order valence-electron chi connectivity index (χ1n) is 10.1. The molecule has 0 saturated heterocycles. The van der Waals surface area contributed by atoms with Crippen LogP contribution in [0.2, 0.25) is 5.02 Å². The van der Waals surface area contributed by atoms with Gasteiger partial charge in [0.25, 0.3) is 10.0 Å². The molecule has 0 atom stereocenters. The summed E-state index contributed by atoms with van der Waals surface area (Å²) in [7, 11) is -4.03. The zero-order chi connectivity index (χ0) is 23.3. The van der Waals surface area contributed by atoms with Crippen LogP contribution in [0.3, 0.4) is 0 Å². The number of carbonyl (C=O) groups is 1. The summed E-state index contributed by atoms with van der Waals surface area (Å²) < 4.78 is 33.5. The summed E-state index contributed by atoms with van der Waals surface area (Å²) in [6.07, 6.45) is 0. The van der Waals surface area contributed by atoms with Gasteiger partial charge in [0.1, 0.15) is 12.3 Å². The van der Waals surface area contributed by atoms with Crippen LogP contribution in [0.1, 0.15) is 18.1 Å². The summed E-state index contributed by atoms with van der Waals surface area (Å²) in [5, 5.41) is 3.16. The molecular weight excluding hydrogens is 448 g/mol. The fraction of sp³-hybridized carbons (Fsp3) is 0.208. The zero-order valence-electron chi connectivity index (χ0n) is 18.1. The second-order valence-corrected chi connectivity index (χ2v) is 9.51. The summed E-state index contributed by atoms with van der Waals surface area (Å²) in [6.45, 7) is 5.54. The number of carbonyl (C=O) groups excluding carboxylic acids is 1. The van der Waals surface area contributed by atoms with Crippen LogP contribution in [0, 0.1) is 13.8 Å². The molecular formula is C24H25ClN2O4S. The molecule has 0 unspecified atom stereocenters. The Morgan fingerprint density at radius 2 is 1.72 bits per heavy atom. The summed E-state index contributed by atoms with van der Waals surface area (Å²) in [5.41, 5.74) is 2.50. The normalized spacial score (nSPS) is 11.1. The van der Waals surface area contributed by atoms with Crippen molar-refractivity contribution >= 4 is 38.9 Å². The predicted molar refractivity (Wildman–Crippen MR) is 128 cm³/mol. The number of halogens is 1. The van der Waals surface area contributed by atoms with Crippen LogP contribution in [0.15, 0.2) is 71.6 Å². The molecule has 6 nitrogen and oxygen atoms in total. The van der Waals surface area contributed by atoms with Crippen molar-refractivity contribution in [3.63, 3.8) is 0 Å². The van der Waals surface area contributed by atoms with Crippen molar-refractivity contribution in [2.45, 2.75) is 25.7 Å². The fourth-order valence-corrected chi connectivity index (χ4v) is 4.65. The number of ether oxygens (including phenoxy) is 1. The lowest BCUT2D eigenvalue weighted by atomic mass is 10.2. The van der Waals surface area contributed by atoms with Gasteiger partial charge in [-0.05, 0) is 62.7 Å². The van der Waals surface area contributed by atoms with Gasteiger partial charge < -0.3 is 10.1 Å². The Morgan fingerprint density at radius 3 is 2.38 bits per heavy atom. The average Bonchev–Trinajstić information content (AvgIpc) is 2.76. The molecule has 1 amide bonds. The van der Waals surface area contributed by atoms with E-state index in [9.17, 15) is 13.2 Å². The van der Waals surface area contributed by atoms with E-state index < -0.39 is 22.5 Å². The highest BCUT2D eigenvalue weighted by atomic mass is 35.5. The molecule has 8 heteroatoms. The Bertz CT molecular complexity index is 1210. The number of amides is 1. The van der Waals surface area contributed by atoms with Crippen molar-refractivity contribution in [3.8, 4) is 5.75 Å². The number of para-hydroxylation sites is 2. The van der Waals surface area contributed by atoms with Crippen LogP contribution < -0.4 is 14.4 Å². The van der Waals surface area contributed by atoms with Gasteiger partial charge >= 0.3 is 0 Å². The van der Waals surface area contributed by atoms with Gasteiger partial charge in [0.15, 0.2) is 0 Å². The molecule has 3 rings (SSSR count). The maximum Gasteiger partial charge on any atom is 0.264 e. The molecule has 0 aliphatic carbocycles. The Balaban J connectivity index is 1.97. The molecule has 0 saturated carbocycles. The Hall–Kier alpha value is -3.03. The highest BCUT2D eigenvalue weighted by Crippen LogP contribution is 2.29. The molecule has 0 aliphatic rings. The van der Waals surface area contributed by atoms with Crippen molar-refractivity contribution in [1.82, 2.24) is 0 Å². The number of rotatable bonds is 8. The van der Waals surface area contributed by atoms with E-state index in [2.05, 4.69) is 5.32 Å². The van der Waals surface area contributed by atoms with E-state index >= 15 is 0 Å². The Kier molecular flexibility index (Phi) is 7.43. The first kappa shape index (κ1) is 23.6. The molecule has 0 radical (unpaired) electrons. The first-order chi connectivity index (χ1) is 15.2. The minimum Gasteiger partial charge on any atom is -0.492 e. The van der Waals surface area contributed by atoms with E-state index in [0.717, 1.165) is 15.4 Å². The molecule has 1 N–H and O–H groups in total. The van der Waals surface area contributed by atoms with Crippen LogP contribution >= 0.6 is 11.6 Å². The van der Waals surface area contributed by atoms with Crippen LogP contribution in [0.5, 0.6) is 5.75 Å². The van der Waals surface area contributed by atoms with E-state index in [1.165, 1.54) is 12.1 Å². The lowest BCUT2D eigenvalue weighted by Gasteiger charge is -2.25. The molecule has 0 bridgehead atoms. The number of sulfonamides is 1. The molecule has 32 heavy (non-hydrogen) atoms. The lowest BCUT2D eigenvalue weighted by Crippen LogP contribution is -2.38. The third-order valence-electron chi connectivity index (χ3n) is 4.80. The van der Waals surface area contributed by atoms with E-state index in [4.69, 9.17) is 16.3 Å². The second kappa shape index (κ2) is 10.1. The number of hydrogen-bond acceptors (Lipinski definition) is 4. The third-order valence-corrected chi connectivity index (χ3v) is 7.00. The van der Waals surface area contributed by atoms with E-state index in [0.29, 0.717) is 28.8 Å². The van der Waals surface area contributed by atoms with Crippen LogP contribution in [-0.2, 0) is 14.8 Å². The summed E-state index contributed by atoms with van der Waals surface area (Å²) >= 11 is 6.26. The highest BCUT2D eigenvalue weighted by molar-refractivity contribution is 7.92. The van der Waals surface area contributed by atoms with E-state index in [1.54, 1.807) is 54.6 Å². The number of nitrogens with one attached hydrogen (secondary N) is 1. The maximum atomic E-state index is 13.5. The monoisotopic (exact) mass is 472 g/mol. The van der Waals surface area contributed by atoms with Crippen LogP contribution in [0.25, 0.3) is 0 Å². The summed E-state index contributed by atoms with van der Waals surface area (Å²) in [4.78, 5) is 13.0. The van der Waals surface area contributed by atoms with Gasteiger partial charge in [-0.15, -0.1) is 0 Å². The van der Waals surface area contributed by atoms with Crippen molar-refractivity contribution in [1.29, 1.82) is 0 Å². The van der Waals surface area contributed by atoms with Gasteiger partial charge in [-0.3, -0.25) is 9.10 Å². The third kappa shape index (κ3) is 5.41. The molecule has 0 spiro atoms. The van der Waals surface area contributed by atoms with Crippen molar-refractivity contribution in [3.05, 3.63) is 82.9 Å². The van der Waals surface area contributed by atoms with E-state index in [-0.39, 0.29) is 4.90 Å². The molecule has 3 aromatic rings. The van der Waals surface area contributed by atoms with Crippen molar-refractivity contribution < 1.29 is 17.9 Å². The molecule has 0 aromatic heterocycles. The molecule has 0 heterocycles. The number of anilines is 2. The molecule has 3 aromatic carbocycles. The summed E-state index contributed by atoms with van der Waals surface area (Å²) in [5.74, 6) is -0.000732. The van der Waals surface area contributed by atoms with Crippen LogP contribution in [-0.4, -0.2) is 27.5 Å². The minimum atomic E-state index is -4.03. The van der Waals surface area contributed by atoms with Crippen molar-refractivity contribution in [2.24, 2.45) is 0 Å². The van der Waals surface area contributed by atoms with E-state index in [1.807, 2.05) is 20.8 Å². The topological polar surface area (TPSA) is 75.7 Å². The van der Waals surface area contributed by atoms with Gasteiger partial charge in [0.2, 0.25) is 5.91 Å². The van der Waals surface area contributed by atoms with Crippen molar-refractivity contribution in [2.75, 3.05) is 22.8 Å². The van der Waals surface area contributed by atoms with Gasteiger partial charge in [0.05, 0.1) is 22.9 Å². The smallest absolute Gasteiger partial charge is 0.264 e. The Morgan fingerprint density at radius 1 is 1.03 bits per heavy atom. The Labute approximate surface area is 193 Å². The number of benzene rings is 3. The number of nitrogens with zero attached hydrogens (tertiary/aromatic N) is 1. The molecule has 0 fully saturated rings. The predicted octanol–water partition coefficient (Wildman–Crippen LogP) is 5.19. The molecule has 168 valence electrons. The van der Waals surface area contributed by atoms with Gasteiger partial charge in [-0.2, -0.15) is 0 Å². The van der Waals surface area contributed by atoms with Gasteiger partial charge in [-0.1, -0.05) is 47.5 Å². The van der Waals surface area contributed by atoms with Crippen LogP contribution in [0.4, 0.5) is 11.4 Å². The second-order valence-electron chi connectivity index (χ2n) is 7.24. The van der Waals surface area contributed by atoms with Gasteiger partial charge in [-0.25, -0.2) is 8.42 Å². The summed E-state index contributed by atoms with van der Waals surface area (Å²) in [6, 6.07) is 18.4. The minimum absolute atomic E-state index is 0.0855. The largest absolute Gasteiger partial charge is 0.492 e. The average molecular weight is 473 g/mol. The quantitative estimate of drug-likeness (QED) is 0.489. The SMILES string of the molecule is CCOc1ccccc1NC(=O)CN(c1ccc(C)c(Cl)c1)S(=O)(=O)c1ccc(C)cc1. The highest BCUT2D eigenvalue weighted by Gasteiger charge is 2.28.